The second-order valence-electron chi connectivity index (χ2n) is 6.28. The minimum atomic E-state index is -0.461. The number of carbonyl (C=O) groups excluding carboxylic acids is 1. The molecule has 2 bridgehead atoms. The van der Waals surface area contributed by atoms with Crippen LogP contribution in [-0.2, 0) is 9.53 Å². The lowest BCUT2D eigenvalue weighted by atomic mass is 9.70. The zero-order valence-electron chi connectivity index (χ0n) is 10.7. The topological polar surface area (TPSA) is 52.3 Å². The third kappa shape index (κ3) is 1.41. The SMILES string of the molecule is CC(OC1CC2CCC1(C)C2(C)C)C(N)=O. The highest BCUT2D eigenvalue weighted by Crippen LogP contribution is 2.66. The van der Waals surface area contributed by atoms with Crippen LogP contribution in [-0.4, -0.2) is 18.1 Å². The van der Waals surface area contributed by atoms with Gasteiger partial charge in [0.2, 0.25) is 5.91 Å². The number of nitrogens with two attached hydrogens (primary N) is 1. The number of ether oxygens (including phenoxy) is 1. The summed E-state index contributed by atoms with van der Waals surface area (Å²) in [6.45, 7) is 8.73. The zero-order valence-corrected chi connectivity index (χ0v) is 10.7. The molecule has 92 valence electrons. The van der Waals surface area contributed by atoms with Gasteiger partial charge in [-0.2, -0.15) is 0 Å². The van der Waals surface area contributed by atoms with Crippen LogP contribution in [0, 0.1) is 16.7 Å². The molecule has 4 unspecified atom stereocenters. The molecule has 2 rings (SSSR count). The van der Waals surface area contributed by atoms with E-state index in [1.165, 1.54) is 12.8 Å². The highest BCUT2D eigenvalue weighted by atomic mass is 16.5. The van der Waals surface area contributed by atoms with Gasteiger partial charge in [0.25, 0.3) is 0 Å². The molecule has 0 spiro atoms. The maximum atomic E-state index is 11.1. The van der Waals surface area contributed by atoms with Gasteiger partial charge in [-0.05, 0) is 42.9 Å². The van der Waals surface area contributed by atoms with Crippen molar-refractivity contribution in [3.8, 4) is 0 Å². The lowest BCUT2D eigenvalue weighted by Crippen LogP contribution is -2.41. The Morgan fingerprint density at radius 2 is 2.06 bits per heavy atom. The van der Waals surface area contributed by atoms with Crippen LogP contribution < -0.4 is 5.73 Å². The number of rotatable bonds is 3. The molecule has 2 N–H and O–H groups in total. The van der Waals surface area contributed by atoms with E-state index in [-0.39, 0.29) is 17.4 Å². The first-order chi connectivity index (χ1) is 7.29. The molecule has 1 amide bonds. The van der Waals surface area contributed by atoms with E-state index in [9.17, 15) is 4.79 Å². The first-order valence-corrected chi connectivity index (χ1v) is 6.24. The summed E-state index contributed by atoms with van der Waals surface area (Å²) in [5, 5.41) is 0. The standard InChI is InChI=1S/C13H23NO2/c1-8(11(14)15)16-10-7-9-5-6-13(10,4)12(9,2)3/h8-10H,5-7H2,1-4H3,(H2,14,15). The maximum absolute atomic E-state index is 11.1. The van der Waals surface area contributed by atoms with E-state index in [1.807, 2.05) is 0 Å². The van der Waals surface area contributed by atoms with Gasteiger partial charge in [-0.3, -0.25) is 4.79 Å². The van der Waals surface area contributed by atoms with Crippen LogP contribution in [0.25, 0.3) is 0 Å². The molecule has 2 saturated carbocycles. The molecule has 0 aromatic carbocycles. The second-order valence-corrected chi connectivity index (χ2v) is 6.28. The Morgan fingerprint density at radius 1 is 1.44 bits per heavy atom. The number of carbonyl (C=O) groups is 1. The largest absolute Gasteiger partial charge is 0.367 e. The van der Waals surface area contributed by atoms with Crippen molar-refractivity contribution in [1.29, 1.82) is 0 Å². The molecular formula is C13H23NO2. The monoisotopic (exact) mass is 225 g/mol. The maximum Gasteiger partial charge on any atom is 0.246 e. The van der Waals surface area contributed by atoms with Gasteiger partial charge in [0.05, 0.1) is 6.10 Å². The molecular weight excluding hydrogens is 202 g/mol. The van der Waals surface area contributed by atoms with E-state index in [0.29, 0.717) is 5.41 Å². The quantitative estimate of drug-likeness (QED) is 0.799. The Hall–Kier alpha value is -0.570. The van der Waals surface area contributed by atoms with Gasteiger partial charge < -0.3 is 10.5 Å². The summed E-state index contributed by atoms with van der Waals surface area (Å²) in [6.07, 6.45) is 3.33. The molecule has 0 aromatic rings. The van der Waals surface area contributed by atoms with Crippen molar-refractivity contribution < 1.29 is 9.53 Å². The first-order valence-electron chi connectivity index (χ1n) is 6.24. The van der Waals surface area contributed by atoms with Gasteiger partial charge in [0, 0.05) is 0 Å². The number of hydrogen-bond acceptors (Lipinski definition) is 2. The fourth-order valence-corrected chi connectivity index (χ4v) is 3.65. The lowest BCUT2D eigenvalue weighted by Gasteiger charge is -2.39. The van der Waals surface area contributed by atoms with Crippen LogP contribution >= 0.6 is 0 Å². The van der Waals surface area contributed by atoms with E-state index in [2.05, 4.69) is 20.8 Å². The molecule has 0 aromatic heterocycles. The molecule has 2 aliphatic carbocycles. The molecule has 3 heteroatoms. The average Bonchev–Trinajstić information content (AvgIpc) is 2.50. The summed E-state index contributed by atoms with van der Waals surface area (Å²) in [7, 11) is 0. The van der Waals surface area contributed by atoms with Gasteiger partial charge in [-0.25, -0.2) is 0 Å². The van der Waals surface area contributed by atoms with Crippen LogP contribution in [0.1, 0.15) is 47.0 Å². The van der Waals surface area contributed by atoms with Crippen molar-refractivity contribution in [2.45, 2.75) is 59.2 Å². The Kier molecular flexibility index (Phi) is 2.57. The summed E-state index contributed by atoms with van der Waals surface area (Å²) in [4.78, 5) is 11.1. The molecule has 16 heavy (non-hydrogen) atoms. The molecule has 0 aliphatic heterocycles. The Balaban J connectivity index is 2.13. The van der Waals surface area contributed by atoms with E-state index in [4.69, 9.17) is 10.5 Å². The Labute approximate surface area is 97.7 Å². The van der Waals surface area contributed by atoms with Crippen molar-refractivity contribution in [1.82, 2.24) is 0 Å². The van der Waals surface area contributed by atoms with Crippen LogP contribution in [0.3, 0.4) is 0 Å². The smallest absolute Gasteiger partial charge is 0.246 e. The number of amides is 1. The van der Waals surface area contributed by atoms with Gasteiger partial charge in [-0.15, -0.1) is 0 Å². The van der Waals surface area contributed by atoms with Crippen LogP contribution in [0.5, 0.6) is 0 Å². The van der Waals surface area contributed by atoms with E-state index in [0.717, 1.165) is 12.3 Å². The van der Waals surface area contributed by atoms with Gasteiger partial charge in [0.15, 0.2) is 0 Å². The fourth-order valence-electron chi connectivity index (χ4n) is 3.65. The van der Waals surface area contributed by atoms with E-state index in [1.54, 1.807) is 6.92 Å². The van der Waals surface area contributed by atoms with Crippen molar-refractivity contribution in [3.63, 3.8) is 0 Å². The van der Waals surface area contributed by atoms with Crippen molar-refractivity contribution >= 4 is 5.91 Å². The third-order valence-corrected chi connectivity index (χ3v) is 5.48. The van der Waals surface area contributed by atoms with E-state index >= 15 is 0 Å². The van der Waals surface area contributed by atoms with Gasteiger partial charge in [0.1, 0.15) is 6.10 Å². The minimum absolute atomic E-state index is 0.198. The second kappa shape index (κ2) is 3.46. The Bertz CT molecular complexity index is 313. The van der Waals surface area contributed by atoms with E-state index < -0.39 is 6.10 Å². The summed E-state index contributed by atoms with van der Waals surface area (Å²) in [5.74, 6) is 0.381. The minimum Gasteiger partial charge on any atom is -0.367 e. The van der Waals surface area contributed by atoms with Crippen LogP contribution in [0.4, 0.5) is 0 Å². The lowest BCUT2D eigenvalue weighted by molar-refractivity contribution is -0.139. The van der Waals surface area contributed by atoms with Gasteiger partial charge >= 0.3 is 0 Å². The number of hydrogen-bond donors (Lipinski definition) is 1. The molecule has 4 atom stereocenters. The molecule has 0 radical (unpaired) electrons. The van der Waals surface area contributed by atoms with Crippen LogP contribution in [0.2, 0.25) is 0 Å². The third-order valence-electron chi connectivity index (χ3n) is 5.48. The molecule has 3 nitrogen and oxygen atoms in total. The molecule has 0 heterocycles. The highest BCUT2D eigenvalue weighted by Gasteiger charge is 2.62. The Morgan fingerprint density at radius 3 is 2.44 bits per heavy atom. The average molecular weight is 225 g/mol. The summed E-state index contributed by atoms with van der Waals surface area (Å²) in [6, 6.07) is 0. The summed E-state index contributed by atoms with van der Waals surface area (Å²) >= 11 is 0. The predicted octanol–water partition coefficient (Wildman–Crippen LogP) is 2.09. The van der Waals surface area contributed by atoms with Crippen molar-refractivity contribution in [3.05, 3.63) is 0 Å². The van der Waals surface area contributed by atoms with Crippen LogP contribution in [0.15, 0.2) is 0 Å². The molecule has 0 saturated heterocycles. The summed E-state index contributed by atoms with van der Waals surface area (Å²) in [5.41, 5.74) is 5.80. The summed E-state index contributed by atoms with van der Waals surface area (Å²) < 4.78 is 5.87. The van der Waals surface area contributed by atoms with Gasteiger partial charge in [-0.1, -0.05) is 20.8 Å². The van der Waals surface area contributed by atoms with Crippen molar-refractivity contribution in [2.24, 2.45) is 22.5 Å². The highest BCUT2D eigenvalue weighted by molar-refractivity contribution is 5.78. The predicted molar refractivity (Wildman–Crippen MR) is 62.8 cm³/mol. The molecule has 2 aliphatic rings. The zero-order chi connectivity index (χ0) is 12.1. The number of primary amides is 1. The fraction of sp³-hybridized carbons (Fsp3) is 0.923. The number of fused-ring (bicyclic) bond motifs is 2. The first kappa shape index (κ1) is 11.9. The van der Waals surface area contributed by atoms with Crippen molar-refractivity contribution in [2.75, 3.05) is 0 Å². The normalized spacial score (nSPS) is 42.2. The molecule has 2 fully saturated rings.